The molecule has 0 fully saturated rings. The summed E-state index contributed by atoms with van der Waals surface area (Å²) in [7, 11) is 0. The minimum absolute atomic E-state index is 0.386. The number of benzene rings is 1. The van der Waals surface area contributed by atoms with Gasteiger partial charge >= 0.3 is 6.01 Å². The highest BCUT2D eigenvalue weighted by molar-refractivity contribution is 5.29. The van der Waals surface area contributed by atoms with Crippen molar-refractivity contribution in [2.24, 2.45) is 0 Å². The van der Waals surface area contributed by atoms with E-state index in [0.29, 0.717) is 6.01 Å². The molecule has 0 spiro atoms. The van der Waals surface area contributed by atoms with Crippen LogP contribution in [0.15, 0.2) is 36.7 Å². The Balaban J connectivity index is 1.91. The molecule has 0 bridgehead atoms. The van der Waals surface area contributed by atoms with Crippen molar-refractivity contribution in [1.82, 2.24) is 15.3 Å². The van der Waals surface area contributed by atoms with Crippen molar-refractivity contribution in [3.8, 4) is 11.8 Å². The Labute approximate surface area is 126 Å². The van der Waals surface area contributed by atoms with Gasteiger partial charge in [-0.3, -0.25) is 0 Å². The zero-order chi connectivity index (χ0) is 14.9. The van der Waals surface area contributed by atoms with Crippen LogP contribution in [0.3, 0.4) is 0 Å². The summed E-state index contributed by atoms with van der Waals surface area (Å²) in [4.78, 5) is 8.45. The number of unbranched alkanes of at least 4 members (excludes halogenated alkanes) is 1. The zero-order valence-electron chi connectivity index (χ0n) is 12.8. The smallest absolute Gasteiger partial charge is 0.321 e. The maximum absolute atomic E-state index is 5.65. The van der Waals surface area contributed by atoms with Crippen LogP contribution in [0.5, 0.6) is 11.8 Å². The number of hydrogen-bond donors (Lipinski definition) is 1. The van der Waals surface area contributed by atoms with Gasteiger partial charge in [0.15, 0.2) is 0 Å². The maximum Gasteiger partial charge on any atom is 0.321 e. The Kier molecular flexibility index (Phi) is 6.16. The van der Waals surface area contributed by atoms with Gasteiger partial charge in [-0.1, -0.05) is 32.4 Å². The third-order valence-electron chi connectivity index (χ3n) is 3.21. The number of nitrogens with one attached hydrogen (secondary N) is 1. The van der Waals surface area contributed by atoms with E-state index in [9.17, 15) is 0 Å². The lowest BCUT2D eigenvalue weighted by Gasteiger charge is -2.06. The number of hydrogen-bond acceptors (Lipinski definition) is 4. The molecule has 0 aliphatic heterocycles. The molecule has 21 heavy (non-hydrogen) atoms. The summed E-state index contributed by atoms with van der Waals surface area (Å²) in [6.45, 7) is 5.99. The second-order valence-corrected chi connectivity index (χ2v) is 5.00. The van der Waals surface area contributed by atoms with Crippen molar-refractivity contribution < 1.29 is 4.74 Å². The van der Waals surface area contributed by atoms with Crippen molar-refractivity contribution >= 4 is 0 Å². The van der Waals surface area contributed by atoms with Gasteiger partial charge in [-0.2, -0.15) is 0 Å². The average molecular weight is 285 g/mol. The van der Waals surface area contributed by atoms with Crippen LogP contribution in [0.4, 0.5) is 0 Å². The van der Waals surface area contributed by atoms with Crippen LogP contribution in [0.25, 0.3) is 0 Å². The fourth-order valence-corrected chi connectivity index (χ4v) is 1.97. The topological polar surface area (TPSA) is 47.0 Å². The summed E-state index contributed by atoms with van der Waals surface area (Å²) in [6.07, 6.45) is 7.13. The first kappa shape index (κ1) is 15.4. The molecule has 0 radical (unpaired) electrons. The quantitative estimate of drug-likeness (QED) is 0.803. The van der Waals surface area contributed by atoms with Gasteiger partial charge in [-0.15, -0.1) is 0 Å². The first-order valence-electron chi connectivity index (χ1n) is 7.60. The van der Waals surface area contributed by atoms with Crippen molar-refractivity contribution in [3.05, 3.63) is 47.8 Å². The van der Waals surface area contributed by atoms with Crippen molar-refractivity contribution in [1.29, 1.82) is 0 Å². The number of aryl methyl sites for hydroxylation is 1. The standard InChI is InChI=1S/C17H23N3O/c1-3-5-6-14-7-9-16(10-8-14)21-17-19-12-15(13-20-17)11-18-4-2/h7-10,12-13,18H,3-6,11H2,1-2H3. The van der Waals surface area contributed by atoms with E-state index in [0.717, 1.165) is 30.8 Å². The molecule has 0 saturated heterocycles. The van der Waals surface area contributed by atoms with Crippen molar-refractivity contribution in [3.63, 3.8) is 0 Å². The van der Waals surface area contributed by atoms with E-state index in [4.69, 9.17) is 4.74 Å². The Morgan fingerprint density at radius 3 is 2.33 bits per heavy atom. The predicted octanol–water partition coefficient (Wildman–Crippen LogP) is 3.72. The Morgan fingerprint density at radius 2 is 1.71 bits per heavy atom. The molecular weight excluding hydrogens is 262 g/mol. The molecular formula is C17H23N3O. The normalized spacial score (nSPS) is 10.6. The van der Waals surface area contributed by atoms with E-state index in [2.05, 4.69) is 41.3 Å². The van der Waals surface area contributed by atoms with Gasteiger partial charge in [-0.25, -0.2) is 9.97 Å². The van der Waals surface area contributed by atoms with Gasteiger partial charge in [0.2, 0.25) is 0 Å². The Bertz CT molecular complexity index is 473. The van der Waals surface area contributed by atoms with E-state index in [1.807, 2.05) is 12.1 Å². The van der Waals surface area contributed by atoms with Crippen LogP contribution in [0.1, 0.15) is 37.8 Å². The number of aromatic nitrogens is 2. The minimum Gasteiger partial charge on any atom is -0.424 e. The van der Waals surface area contributed by atoms with Crippen LogP contribution in [0.2, 0.25) is 0 Å². The first-order chi connectivity index (χ1) is 10.3. The van der Waals surface area contributed by atoms with Crippen LogP contribution >= 0.6 is 0 Å². The molecule has 4 heteroatoms. The lowest BCUT2D eigenvalue weighted by atomic mass is 10.1. The highest BCUT2D eigenvalue weighted by Crippen LogP contribution is 2.18. The first-order valence-corrected chi connectivity index (χ1v) is 7.60. The van der Waals surface area contributed by atoms with Gasteiger partial charge in [0, 0.05) is 24.5 Å². The summed E-state index contributed by atoms with van der Waals surface area (Å²) in [5.74, 6) is 0.773. The lowest BCUT2D eigenvalue weighted by Crippen LogP contribution is -2.12. The van der Waals surface area contributed by atoms with Gasteiger partial charge < -0.3 is 10.1 Å². The van der Waals surface area contributed by atoms with E-state index in [1.165, 1.54) is 18.4 Å². The summed E-state index contributed by atoms with van der Waals surface area (Å²) >= 11 is 0. The molecule has 1 N–H and O–H groups in total. The number of nitrogens with zero attached hydrogens (tertiary/aromatic N) is 2. The summed E-state index contributed by atoms with van der Waals surface area (Å²) in [6, 6.07) is 8.54. The molecule has 1 aromatic carbocycles. The van der Waals surface area contributed by atoms with Crippen LogP contribution in [0, 0.1) is 0 Å². The highest BCUT2D eigenvalue weighted by atomic mass is 16.5. The summed E-state index contributed by atoms with van der Waals surface area (Å²) in [5.41, 5.74) is 2.39. The zero-order valence-corrected chi connectivity index (χ0v) is 12.8. The van der Waals surface area contributed by atoms with Gasteiger partial charge in [0.25, 0.3) is 0 Å². The van der Waals surface area contributed by atoms with E-state index >= 15 is 0 Å². The van der Waals surface area contributed by atoms with Crippen molar-refractivity contribution in [2.45, 2.75) is 39.7 Å². The summed E-state index contributed by atoms with van der Waals surface area (Å²) < 4.78 is 5.65. The highest BCUT2D eigenvalue weighted by Gasteiger charge is 2.01. The number of rotatable bonds is 8. The van der Waals surface area contributed by atoms with Crippen LogP contribution in [-0.2, 0) is 13.0 Å². The molecule has 0 aliphatic rings. The fourth-order valence-electron chi connectivity index (χ4n) is 1.97. The number of ether oxygens (including phenoxy) is 1. The molecule has 0 amide bonds. The second kappa shape index (κ2) is 8.37. The second-order valence-electron chi connectivity index (χ2n) is 5.00. The van der Waals surface area contributed by atoms with E-state index in [-0.39, 0.29) is 0 Å². The minimum atomic E-state index is 0.386. The molecule has 0 unspecified atom stereocenters. The Morgan fingerprint density at radius 1 is 1.00 bits per heavy atom. The third-order valence-corrected chi connectivity index (χ3v) is 3.21. The molecule has 0 saturated carbocycles. The molecule has 0 atom stereocenters. The van der Waals surface area contributed by atoms with E-state index < -0.39 is 0 Å². The molecule has 1 heterocycles. The molecule has 0 aliphatic carbocycles. The van der Waals surface area contributed by atoms with Gasteiger partial charge in [0.1, 0.15) is 5.75 Å². The third kappa shape index (κ3) is 5.16. The summed E-state index contributed by atoms with van der Waals surface area (Å²) in [5, 5.41) is 3.24. The van der Waals surface area contributed by atoms with Gasteiger partial charge in [0.05, 0.1) is 0 Å². The molecule has 1 aromatic heterocycles. The van der Waals surface area contributed by atoms with E-state index in [1.54, 1.807) is 12.4 Å². The monoisotopic (exact) mass is 285 g/mol. The lowest BCUT2D eigenvalue weighted by molar-refractivity contribution is 0.440. The molecule has 2 rings (SSSR count). The predicted molar refractivity (Wildman–Crippen MR) is 84.5 cm³/mol. The fraction of sp³-hybridized carbons (Fsp3) is 0.412. The molecule has 2 aromatic rings. The van der Waals surface area contributed by atoms with Crippen molar-refractivity contribution in [2.75, 3.05) is 6.54 Å². The van der Waals surface area contributed by atoms with Gasteiger partial charge in [-0.05, 0) is 37.1 Å². The maximum atomic E-state index is 5.65. The largest absolute Gasteiger partial charge is 0.424 e. The average Bonchev–Trinajstić information content (AvgIpc) is 2.53. The van der Waals surface area contributed by atoms with Crippen LogP contribution in [-0.4, -0.2) is 16.5 Å². The Hall–Kier alpha value is -1.94. The van der Waals surface area contributed by atoms with Crippen LogP contribution < -0.4 is 10.1 Å². The molecule has 4 nitrogen and oxygen atoms in total. The SMILES string of the molecule is CCCCc1ccc(Oc2ncc(CNCC)cn2)cc1. The molecule has 112 valence electrons.